The van der Waals surface area contributed by atoms with E-state index in [2.05, 4.69) is 28.2 Å². The fourth-order valence-electron chi connectivity index (χ4n) is 3.88. The zero-order valence-corrected chi connectivity index (χ0v) is 13.9. The van der Waals surface area contributed by atoms with Crippen LogP contribution in [0.5, 0.6) is 0 Å². The molecule has 5 nitrogen and oxygen atoms in total. The van der Waals surface area contributed by atoms with Crippen molar-refractivity contribution in [3.63, 3.8) is 0 Å². The summed E-state index contributed by atoms with van der Waals surface area (Å²) in [4.78, 5) is 12.6. The molecule has 1 saturated carbocycles. The Morgan fingerprint density at radius 3 is 2.79 bits per heavy atom. The zero-order chi connectivity index (χ0) is 16.5. The first-order chi connectivity index (χ1) is 11.8. The molecule has 0 amide bonds. The van der Waals surface area contributed by atoms with Gasteiger partial charge in [-0.25, -0.2) is 9.97 Å². The minimum atomic E-state index is 0.163. The summed E-state index contributed by atoms with van der Waals surface area (Å²) < 4.78 is 0. The van der Waals surface area contributed by atoms with Crippen LogP contribution < -0.4 is 5.73 Å². The molecule has 24 heavy (non-hydrogen) atoms. The van der Waals surface area contributed by atoms with E-state index in [1.807, 2.05) is 0 Å². The molecule has 3 aromatic rings. The van der Waals surface area contributed by atoms with Crippen molar-refractivity contribution >= 4 is 27.8 Å². The summed E-state index contributed by atoms with van der Waals surface area (Å²) in [5.74, 6) is 2.01. The second-order valence-corrected chi connectivity index (χ2v) is 6.84. The van der Waals surface area contributed by atoms with Gasteiger partial charge >= 0.3 is 0 Å². The highest BCUT2D eigenvalue weighted by molar-refractivity contribution is 6.06. The fraction of sp³-hybridized carbons (Fsp3) is 0.474. The number of rotatable bonds is 4. The van der Waals surface area contributed by atoms with E-state index in [-0.39, 0.29) is 6.61 Å². The van der Waals surface area contributed by atoms with E-state index in [0.717, 1.165) is 27.8 Å². The number of anilines is 1. The number of benzene rings is 1. The molecule has 0 radical (unpaired) electrons. The summed E-state index contributed by atoms with van der Waals surface area (Å²) in [5, 5.41) is 10.1. The molecular formula is C19H24N4O. The molecule has 1 fully saturated rings. The largest absolute Gasteiger partial charge is 0.396 e. The lowest BCUT2D eigenvalue weighted by molar-refractivity contribution is 0.287. The van der Waals surface area contributed by atoms with Crippen LogP contribution in [0.25, 0.3) is 21.9 Å². The van der Waals surface area contributed by atoms with Crippen LogP contribution >= 0.6 is 0 Å². The van der Waals surface area contributed by atoms with Crippen LogP contribution in [0.2, 0.25) is 0 Å². The van der Waals surface area contributed by atoms with Gasteiger partial charge in [-0.1, -0.05) is 31.4 Å². The van der Waals surface area contributed by atoms with Gasteiger partial charge in [0.05, 0.1) is 5.52 Å². The summed E-state index contributed by atoms with van der Waals surface area (Å²) in [6, 6.07) is 6.58. The third-order valence-corrected chi connectivity index (χ3v) is 5.18. The first kappa shape index (κ1) is 15.4. The number of hydrogen-bond donors (Lipinski definition) is 3. The Bertz CT molecular complexity index is 865. The number of aromatic nitrogens is 3. The van der Waals surface area contributed by atoms with Crippen LogP contribution in [-0.2, 0) is 6.42 Å². The first-order valence-corrected chi connectivity index (χ1v) is 8.95. The van der Waals surface area contributed by atoms with Crippen molar-refractivity contribution in [3.8, 4) is 0 Å². The van der Waals surface area contributed by atoms with Crippen LogP contribution in [0.4, 0.5) is 5.82 Å². The maximum Gasteiger partial charge on any atom is 0.150 e. The monoisotopic (exact) mass is 324 g/mol. The molecule has 2 aromatic heterocycles. The van der Waals surface area contributed by atoms with Crippen molar-refractivity contribution in [1.82, 2.24) is 15.0 Å². The molecular weight excluding hydrogens is 300 g/mol. The molecule has 0 aliphatic heterocycles. The van der Waals surface area contributed by atoms with Gasteiger partial charge < -0.3 is 15.8 Å². The number of imidazole rings is 1. The van der Waals surface area contributed by atoms with E-state index in [4.69, 9.17) is 15.8 Å². The Morgan fingerprint density at radius 2 is 2.00 bits per heavy atom. The Hall–Kier alpha value is -2.14. The number of aliphatic hydroxyl groups excluding tert-OH is 1. The third kappa shape index (κ3) is 2.73. The topological polar surface area (TPSA) is 87.8 Å². The number of nitrogens with one attached hydrogen (secondary N) is 1. The number of nitrogen functional groups attached to an aromatic ring is 1. The molecule has 0 saturated heterocycles. The van der Waals surface area contributed by atoms with E-state index in [1.165, 1.54) is 37.7 Å². The van der Waals surface area contributed by atoms with Crippen LogP contribution in [-0.4, -0.2) is 26.7 Å². The molecule has 1 aliphatic rings. The second-order valence-electron chi connectivity index (χ2n) is 6.84. The standard InChI is InChI=1S/C19H24N4O/c20-19-18-17(22-16(23-18)7-4-10-24)14-9-8-13(11-15(14)21-19)12-5-2-1-3-6-12/h8-9,11-12,24H,1-7,10H2,(H2,20,21)(H,22,23). The van der Waals surface area contributed by atoms with Crippen molar-refractivity contribution in [2.75, 3.05) is 12.3 Å². The summed E-state index contributed by atoms with van der Waals surface area (Å²) >= 11 is 0. The van der Waals surface area contributed by atoms with Gasteiger partial charge in [-0.3, -0.25) is 0 Å². The van der Waals surface area contributed by atoms with Crippen LogP contribution in [0.15, 0.2) is 18.2 Å². The van der Waals surface area contributed by atoms with E-state index in [1.54, 1.807) is 0 Å². The highest BCUT2D eigenvalue weighted by Gasteiger charge is 2.17. The van der Waals surface area contributed by atoms with E-state index < -0.39 is 0 Å². The molecule has 4 N–H and O–H groups in total. The maximum absolute atomic E-state index is 9.00. The minimum absolute atomic E-state index is 0.163. The molecule has 4 rings (SSSR count). The number of nitrogens with zero attached hydrogens (tertiary/aromatic N) is 2. The molecule has 0 spiro atoms. The van der Waals surface area contributed by atoms with Crippen LogP contribution in [0.3, 0.4) is 0 Å². The number of aromatic amines is 1. The van der Waals surface area contributed by atoms with Gasteiger partial charge in [-0.2, -0.15) is 0 Å². The number of aliphatic hydroxyl groups is 1. The Kier molecular flexibility index (Phi) is 4.10. The highest BCUT2D eigenvalue weighted by atomic mass is 16.2. The van der Waals surface area contributed by atoms with E-state index >= 15 is 0 Å². The number of aryl methyl sites for hydroxylation is 1. The van der Waals surface area contributed by atoms with Crippen molar-refractivity contribution in [2.45, 2.75) is 50.9 Å². The lowest BCUT2D eigenvalue weighted by Gasteiger charge is -2.22. The number of nitrogens with two attached hydrogens (primary N) is 1. The van der Waals surface area contributed by atoms with Gasteiger partial charge in [0, 0.05) is 18.4 Å². The van der Waals surface area contributed by atoms with Crippen molar-refractivity contribution in [3.05, 3.63) is 29.6 Å². The average molecular weight is 324 g/mol. The first-order valence-electron chi connectivity index (χ1n) is 8.95. The molecule has 1 aliphatic carbocycles. The molecule has 126 valence electrons. The number of H-pyrrole nitrogens is 1. The molecule has 1 aromatic carbocycles. The number of hydrogen-bond acceptors (Lipinski definition) is 4. The quantitative estimate of drug-likeness (QED) is 0.683. The normalized spacial score (nSPS) is 16.2. The molecule has 2 heterocycles. The van der Waals surface area contributed by atoms with E-state index in [0.29, 0.717) is 24.6 Å². The van der Waals surface area contributed by atoms with Gasteiger partial charge in [-0.15, -0.1) is 0 Å². The Labute approximate surface area is 141 Å². The van der Waals surface area contributed by atoms with Gasteiger partial charge in [-0.05, 0) is 36.8 Å². The summed E-state index contributed by atoms with van der Waals surface area (Å²) in [7, 11) is 0. The van der Waals surface area contributed by atoms with Crippen LogP contribution in [0.1, 0.15) is 55.8 Å². The van der Waals surface area contributed by atoms with Gasteiger partial charge in [0.1, 0.15) is 22.7 Å². The van der Waals surface area contributed by atoms with Gasteiger partial charge in [0.15, 0.2) is 0 Å². The lowest BCUT2D eigenvalue weighted by atomic mass is 9.84. The molecule has 0 atom stereocenters. The summed E-state index contributed by atoms with van der Waals surface area (Å²) in [5.41, 5.74) is 10.2. The fourth-order valence-corrected chi connectivity index (χ4v) is 3.88. The lowest BCUT2D eigenvalue weighted by Crippen LogP contribution is -2.04. The Balaban J connectivity index is 1.78. The van der Waals surface area contributed by atoms with Gasteiger partial charge in [0.2, 0.25) is 0 Å². The van der Waals surface area contributed by atoms with Crippen molar-refractivity contribution < 1.29 is 5.11 Å². The number of fused-ring (bicyclic) bond motifs is 3. The smallest absolute Gasteiger partial charge is 0.150 e. The minimum Gasteiger partial charge on any atom is -0.396 e. The number of pyridine rings is 1. The zero-order valence-electron chi connectivity index (χ0n) is 13.9. The molecule has 0 unspecified atom stereocenters. The second kappa shape index (κ2) is 6.40. The Morgan fingerprint density at radius 1 is 1.17 bits per heavy atom. The van der Waals surface area contributed by atoms with E-state index in [9.17, 15) is 0 Å². The van der Waals surface area contributed by atoms with Crippen molar-refractivity contribution in [1.29, 1.82) is 0 Å². The van der Waals surface area contributed by atoms with Gasteiger partial charge in [0.25, 0.3) is 0 Å². The highest BCUT2D eigenvalue weighted by Crippen LogP contribution is 2.35. The SMILES string of the molecule is Nc1nc2cc(C3CCCCC3)ccc2c2nc(CCCO)[nH]c12. The van der Waals surface area contributed by atoms with Crippen molar-refractivity contribution in [2.24, 2.45) is 0 Å². The molecule has 5 heteroatoms. The summed E-state index contributed by atoms with van der Waals surface area (Å²) in [6.45, 7) is 0.163. The third-order valence-electron chi connectivity index (χ3n) is 5.18. The maximum atomic E-state index is 9.00. The average Bonchev–Trinajstić information content (AvgIpc) is 3.05. The predicted octanol–water partition coefficient (Wildman–Crippen LogP) is 3.67. The van der Waals surface area contributed by atoms with Crippen LogP contribution in [0, 0.1) is 0 Å². The summed E-state index contributed by atoms with van der Waals surface area (Å²) in [6.07, 6.45) is 7.96. The predicted molar refractivity (Wildman–Crippen MR) is 97.0 cm³/mol. The molecule has 0 bridgehead atoms.